The normalized spacial score (nSPS) is 19.2. The predicted molar refractivity (Wildman–Crippen MR) is 44.9 cm³/mol. The van der Waals surface area contributed by atoms with Gasteiger partial charge in [-0.3, -0.25) is 10.1 Å². The number of amides is 1. The molecule has 12 heavy (non-hydrogen) atoms. The van der Waals surface area contributed by atoms with Crippen LogP contribution in [0.3, 0.4) is 0 Å². The van der Waals surface area contributed by atoms with Gasteiger partial charge < -0.3 is 0 Å². The number of hydrogen-bond donors (Lipinski definition) is 1. The maximum atomic E-state index is 11.2. The van der Waals surface area contributed by atoms with Gasteiger partial charge in [-0.25, -0.2) is 0 Å². The summed E-state index contributed by atoms with van der Waals surface area (Å²) in [6, 6.07) is 0. The quantitative estimate of drug-likeness (QED) is 0.365. The van der Waals surface area contributed by atoms with Crippen LogP contribution in [0.5, 0.6) is 0 Å². The third kappa shape index (κ3) is 2.54. The van der Waals surface area contributed by atoms with Gasteiger partial charge >= 0.3 is 0 Å². The Morgan fingerprint density at radius 1 is 1.25 bits per heavy atom. The molecule has 0 heterocycles. The summed E-state index contributed by atoms with van der Waals surface area (Å²) in [6.07, 6.45) is 8.31. The van der Waals surface area contributed by atoms with Gasteiger partial charge in [-0.2, -0.15) is 5.26 Å². The molecule has 1 amide bonds. The number of nitrogens with zero attached hydrogens (tertiary/aromatic N) is 1. The topological polar surface area (TPSA) is 52.9 Å². The molecule has 0 unspecified atom stereocenters. The molecule has 0 spiro atoms. The first-order valence-electron chi connectivity index (χ1n) is 4.53. The molecule has 0 aliphatic heterocycles. The van der Waals surface area contributed by atoms with Crippen molar-refractivity contribution in [2.45, 2.75) is 38.5 Å². The van der Waals surface area contributed by atoms with Crippen LogP contribution in [0.4, 0.5) is 0 Å². The van der Waals surface area contributed by atoms with Gasteiger partial charge in [0.1, 0.15) is 0 Å². The van der Waals surface area contributed by atoms with Gasteiger partial charge in [-0.1, -0.05) is 25.7 Å². The SMILES string of the molecule is N#CNC(=O)C1CCCCCC1. The molecular formula is C9H14N2O. The van der Waals surface area contributed by atoms with Crippen molar-refractivity contribution in [2.75, 3.05) is 0 Å². The minimum Gasteiger partial charge on any atom is -0.274 e. The average molecular weight is 166 g/mol. The maximum absolute atomic E-state index is 11.2. The van der Waals surface area contributed by atoms with Crippen LogP contribution in [0.2, 0.25) is 0 Å². The Bertz CT molecular complexity index is 187. The minimum absolute atomic E-state index is 0.0839. The maximum Gasteiger partial charge on any atom is 0.236 e. The summed E-state index contributed by atoms with van der Waals surface area (Å²) in [5.41, 5.74) is 0. The Morgan fingerprint density at radius 2 is 1.83 bits per heavy atom. The van der Waals surface area contributed by atoms with E-state index in [2.05, 4.69) is 5.32 Å². The van der Waals surface area contributed by atoms with Gasteiger partial charge in [0.05, 0.1) is 0 Å². The summed E-state index contributed by atoms with van der Waals surface area (Å²) in [6.45, 7) is 0. The van der Waals surface area contributed by atoms with E-state index in [9.17, 15) is 4.79 Å². The summed E-state index contributed by atoms with van der Waals surface area (Å²) in [4.78, 5) is 11.2. The van der Waals surface area contributed by atoms with Crippen molar-refractivity contribution in [3.8, 4) is 6.19 Å². The van der Waals surface area contributed by atoms with Gasteiger partial charge in [0.25, 0.3) is 0 Å². The fourth-order valence-electron chi connectivity index (χ4n) is 1.70. The fraction of sp³-hybridized carbons (Fsp3) is 0.778. The highest BCUT2D eigenvalue weighted by Crippen LogP contribution is 2.22. The zero-order valence-electron chi connectivity index (χ0n) is 7.18. The molecule has 0 aromatic carbocycles. The molecule has 1 rings (SSSR count). The number of carbonyl (C=O) groups excluding carboxylic acids is 1. The molecule has 0 saturated heterocycles. The Kier molecular flexibility index (Phi) is 3.59. The van der Waals surface area contributed by atoms with Crippen molar-refractivity contribution >= 4 is 5.91 Å². The molecule has 1 aliphatic rings. The summed E-state index contributed by atoms with van der Waals surface area (Å²) >= 11 is 0. The molecule has 66 valence electrons. The van der Waals surface area contributed by atoms with E-state index in [4.69, 9.17) is 5.26 Å². The van der Waals surface area contributed by atoms with Crippen molar-refractivity contribution in [2.24, 2.45) is 5.92 Å². The largest absolute Gasteiger partial charge is 0.274 e. The third-order valence-electron chi connectivity index (χ3n) is 2.41. The lowest BCUT2D eigenvalue weighted by atomic mass is 10.00. The lowest BCUT2D eigenvalue weighted by Crippen LogP contribution is -2.26. The fourth-order valence-corrected chi connectivity index (χ4v) is 1.70. The highest BCUT2D eigenvalue weighted by molar-refractivity contribution is 5.79. The van der Waals surface area contributed by atoms with Crippen LogP contribution in [0.25, 0.3) is 0 Å². The van der Waals surface area contributed by atoms with Crippen LogP contribution in [0, 0.1) is 17.4 Å². The summed E-state index contributed by atoms with van der Waals surface area (Å²) in [7, 11) is 0. The first-order valence-corrected chi connectivity index (χ1v) is 4.53. The van der Waals surface area contributed by atoms with Crippen LogP contribution < -0.4 is 5.32 Å². The molecule has 0 atom stereocenters. The average Bonchev–Trinajstić information content (AvgIpc) is 2.32. The summed E-state index contributed by atoms with van der Waals surface area (Å²) in [5, 5.41) is 10.5. The van der Waals surface area contributed by atoms with Crippen molar-refractivity contribution in [1.82, 2.24) is 5.32 Å². The number of rotatable bonds is 1. The Hall–Kier alpha value is -1.04. The van der Waals surface area contributed by atoms with E-state index >= 15 is 0 Å². The van der Waals surface area contributed by atoms with Gasteiger partial charge in [-0.15, -0.1) is 0 Å². The van der Waals surface area contributed by atoms with E-state index in [1.54, 1.807) is 6.19 Å². The highest BCUT2D eigenvalue weighted by Gasteiger charge is 2.19. The molecule has 3 heteroatoms. The van der Waals surface area contributed by atoms with Gasteiger partial charge in [0, 0.05) is 5.92 Å². The highest BCUT2D eigenvalue weighted by atomic mass is 16.1. The minimum atomic E-state index is -0.0839. The van der Waals surface area contributed by atoms with E-state index in [0.29, 0.717) is 0 Å². The van der Waals surface area contributed by atoms with E-state index in [1.165, 1.54) is 12.8 Å². The number of hydrogen-bond acceptors (Lipinski definition) is 2. The zero-order chi connectivity index (χ0) is 8.81. The molecule has 3 nitrogen and oxygen atoms in total. The van der Waals surface area contributed by atoms with Crippen molar-refractivity contribution in [3.63, 3.8) is 0 Å². The van der Waals surface area contributed by atoms with Crippen molar-refractivity contribution in [3.05, 3.63) is 0 Å². The van der Waals surface area contributed by atoms with Crippen molar-refractivity contribution in [1.29, 1.82) is 5.26 Å². The van der Waals surface area contributed by atoms with Crippen LogP contribution in [0.15, 0.2) is 0 Å². The van der Waals surface area contributed by atoms with Crippen LogP contribution in [0.1, 0.15) is 38.5 Å². The molecule has 1 aliphatic carbocycles. The van der Waals surface area contributed by atoms with E-state index in [1.807, 2.05) is 0 Å². The predicted octanol–water partition coefficient (Wildman–Crippen LogP) is 1.55. The first-order chi connectivity index (χ1) is 5.84. The second-order valence-electron chi connectivity index (χ2n) is 3.29. The van der Waals surface area contributed by atoms with E-state index in [-0.39, 0.29) is 11.8 Å². The molecule has 1 N–H and O–H groups in total. The van der Waals surface area contributed by atoms with E-state index < -0.39 is 0 Å². The van der Waals surface area contributed by atoms with Crippen LogP contribution >= 0.6 is 0 Å². The van der Waals surface area contributed by atoms with E-state index in [0.717, 1.165) is 25.7 Å². The van der Waals surface area contributed by atoms with Gasteiger partial charge in [-0.05, 0) is 12.8 Å². The summed E-state index contributed by atoms with van der Waals surface area (Å²) in [5.74, 6) is 0.00606. The smallest absolute Gasteiger partial charge is 0.236 e. The van der Waals surface area contributed by atoms with Crippen LogP contribution in [-0.2, 0) is 4.79 Å². The monoisotopic (exact) mass is 166 g/mol. The van der Waals surface area contributed by atoms with Gasteiger partial charge in [0.15, 0.2) is 6.19 Å². The lowest BCUT2D eigenvalue weighted by Gasteiger charge is -2.09. The molecule has 1 fully saturated rings. The second-order valence-corrected chi connectivity index (χ2v) is 3.29. The molecule has 0 bridgehead atoms. The Labute approximate surface area is 72.8 Å². The number of nitrogens with one attached hydrogen (secondary N) is 1. The molecule has 1 saturated carbocycles. The first kappa shape index (κ1) is 9.05. The summed E-state index contributed by atoms with van der Waals surface area (Å²) < 4.78 is 0. The third-order valence-corrected chi connectivity index (χ3v) is 2.41. The Morgan fingerprint density at radius 3 is 2.33 bits per heavy atom. The molecule has 0 aromatic heterocycles. The van der Waals surface area contributed by atoms with Crippen molar-refractivity contribution < 1.29 is 4.79 Å². The van der Waals surface area contributed by atoms with Gasteiger partial charge in [0.2, 0.25) is 5.91 Å². The molecule has 0 radical (unpaired) electrons. The molecular weight excluding hydrogens is 152 g/mol. The second kappa shape index (κ2) is 4.76. The lowest BCUT2D eigenvalue weighted by molar-refractivity contribution is -0.124. The van der Waals surface area contributed by atoms with Crippen LogP contribution in [-0.4, -0.2) is 5.91 Å². The molecule has 0 aromatic rings. The standard InChI is InChI=1S/C9H14N2O/c10-7-11-9(12)8-5-3-1-2-4-6-8/h8H,1-6H2,(H,11,12). The Balaban J connectivity index is 2.38. The number of nitriles is 1. The number of carbonyl (C=O) groups is 1. The zero-order valence-corrected chi connectivity index (χ0v) is 7.18.